The first-order valence-electron chi connectivity index (χ1n) is 9.91. The normalized spacial score (nSPS) is 19.2. The molecule has 1 saturated heterocycles. The van der Waals surface area contributed by atoms with Crippen LogP contribution in [0.2, 0.25) is 0 Å². The zero-order valence-corrected chi connectivity index (χ0v) is 17.4. The predicted molar refractivity (Wildman–Crippen MR) is 109 cm³/mol. The molecule has 1 amide bonds. The van der Waals surface area contributed by atoms with Gasteiger partial charge in [0.05, 0.1) is 11.7 Å². The van der Waals surface area contributed by atoms with E-state index >= 15 is 0 Å². The van der Waals surface area contributed by atoms with Crippen LogP contribution in [0.15, 0.2) is 10.2 Å². The Morgan fingerprint density at radius 1 is 1.29 bits per heavy atom. The second-order valence-electron chi connectivity index (χ2n) is 8.39. The van der Waals surface area contributed by atoms with Gasteiger partial charge < -0.3 is 15.6 Å². The standard InChI is InChI=1S/C20H27N5O2S/c1-11(2)15(21)18-24-14(10-28-18)19(27)25-8-6-20(7-9-25)5-4-13-16(20)22-12(3)23-17(13)26/h10-11,15H,4-9,21H2,1-3H3,(H,22,23,26)/t15-/m0/s1. The lowest BCUT2D eigenvalue weighted by molar-refractivity contribution is 0.0658. The highest BCUT2D eigenvalue weighted by molar-refractivity contribution is 7.09. The van der Waals surface area contributed by atoms with E-state index in [1.807, 2.05) is 17.2 Å². The Balaban J connectivity index is 1.49. The molecule has 0 unspecified atom stereocenters. The fourth-order valence-electron chi connectivity index (χ4n) is 4.37. The van der Waals surface area contributed by atoms with E-state index in [9.17, 15) is 9.59 Å². The molecule has 4 rings (SSSR count). The summed E-state index contributed by atoms with van der Waals surface area (Å²) in [6.07, 6.45) is 3.39. The molecule has 0 radical (unpaired) electrons. The SMILES string of the molecule is Cc1nc2c(c(=O)[nH]1)CCC21CCN(C(=O)c2csc([C@@H](N)C(C)C)n2)CC1. The third-order valence-electron chi connectivity index (χ3n) is 6.24. The first-order chi connectivity index (χ1) is 13.3. The Kier molecular flexibility index (Phi) is 4.87. The van der Waals surface area contributed by atoms with Gasteiger partial charge in [-0.2, -0.15) is 0 Å². The Hall–Kier alpha value is -2.06. The number of thiazole rings is 1. The van der Waals surface area contributed by atoms with Gasteiger partial charge in [0.25, 0.3) is 11.5 Å². The first-order valence-corrected chi connectivity index (χ1v) is 10.8. The zero-order chi connectivity index (χ0) is 20.1. The highest BCUT2D eigenvalue weighted by Crippen LogP contribution is 2.44. The van der Waals surface area contributed by atoms with Crippen molar-refractivity contribution in [2.45, 2.75) is 57.9 Å². The van der Waals surface area contributed by atoms with E-state index in [2.05, 4.69) is 28.8 Å². The van der Waals surface area contributed by atoms with Crippen molar-refractivity contribution in [2.75, 3.05) is 13.1 Å². The molecule has 3 heterocycles. The van der Waals surface area contributed by atoms with Crippen molar-refractivity contribution in [2.24, 2.45) is 11.7 Å². The molecular formula is C20H27N5O2S. The molecule has 8 heteroatoms. The minimum Gasteiger partial charge on any atom is -0.337 e. The Labute approximate surface area is 168 Å². The van der Waals surface area contributed by atoms with Crippen molar-refractivity contribution in [3.05, 3.63) is 43.5 Å². The molecule has 0 bridgehead atoms. The molecule has 2 aliphatic rings. The minimum absolute atomic E-state index is 0.00521. The second kappa shape index (κ2) is 7.08. The summed E-state index contributed by atoms with van der Waals surface area (Å²) in [6, 6.07) is -0.140. The van der Waals surface area contributed by atoms with Gasteiger partial charge in [-0.3, -0.25) is 9.59 Å². The third-order valence-corrected chi connectivity index (χ3v) is 7.19. The van der Waals surface area contributed by atoms with Gasteiger partial charge in [-0.15, -0.1) is 11.3 Å². The number of carbonyl (C=O) groups is 1. The zero-order valence-electron chi connectivity index (χ0n) is 16.6. The van der Waals surface area contributed by atoms with E-state index in [4.69, 9.17) is 5.73 Å². The van der Waals surface area contributed by atoms with E-state index in [1.54, 1.807) is 0 Å². The lowest BCUT2D eigenvalue weighted by atomic mass is 9.76. The number of hydrogen-bond acceptors (Lipinski definition) is 6. The number of hydrogen-bond donors (Lipinski definition) is 2. The van der Waals surface area contributed by atoms with Gasteiger partial charge in [0.2, 0.25) is 0 Å². The number of aromatic amines is 1. The van der Waals surface area contributed by atoms with Crippen LogP contribution in [0.5, 0.6) is 0 Å². The van der Waals surface area contributed by atoms with Gasteiger partial charge in [0, 0.05) is 29.4 Å². The Morgan fingerprint density at radius 2 is 2.00 bits per heavy atom. The lowest BCUT2D eigenvalue weighted by Gasteiger charge is -2.39. The number of amides is 1. The topological polar surface area (TPSA) is 105 Å². The molecule has 1 atom stereocenters. The van der Waals surface area contributed by atoms with Crippen LogP contribution < -0.4 is 11.3 Å². The molecule has 2 aromatic rings. The number of nitrogens with two attached hydrogens (primary N) is 1. The maximum absolute atomic E-state index is 12.9. The summed E-state index contributed by atoms with van der Waals surface area (Å²) in [4.78, 5) is 39.0. The molecule has 3 N–H and O–H groups in total. The van der Waals surface area contributed by atoms with Crippen LogP contribution >= 0.6 is 11.3 Å². The number of H-pyrrole nitrogens is 1. The van der Waals surface area contributed by atoms with Crippen LogP contribution in [-0.2, 0) is 11.8 Å². The van der Waals surface area contributed by atoms with Crippen molar-refractivity contribution >= 4 is 17.2 Å². The van der Waals surface area contributed by atoms with Gasteiger partial charge >= 0.3 is 0 Å². The van der Waals surface area contributed by atoms with Gasteiger partial charge in [-0.25, -0.2) is 9.97 Å². The van der Waals surface area contributed by atoms with Crippen LogP contribution in [0.3, 0.4) is 0 Å². The van der Waals surface area contributed by atoms with E-state index in [-0.39, 0.29) is 28.8 Å². The molecular weight excluding hydrogens is 374 g/mol. The largest absolute Gasteiger partial charge is 0.337 e. The highest BCUT2D eigenvalue weighted by atomic mass is 32.1. The van der Waals surface area contributed by atoms with Crippen LogP contribution in [0.1, 0.15) is 71.7 Å². The fraction of sp³-hybridized carbons (Fsp3) is 0.600. The summed E-state index contributed by atoms with van der Waals surface area (Å²) in [6.45, 7) is 7.26. The molecule has 0 saturated carbocycles. The second-order valence-corrected chi connectivity index (χ2v) is 9.28. The van der Waals surface area contributed by atoms with Crippen molar-refractivity contribution in [3.63, 3.8) is 0 Å². The van der Waals surface area contributed by atoms with Crippen molar-refractivity contribution in [3.8, 4) is 0 Å². The third kappa shape index (κ3) is 3.18. The van der Waals surface area contributed by atoms with E-state index in [1.165, 1.54) is 11.3 Å². The summed E-state index contributed by atoms with van der Waals surface area (Å²) < 4.78 is 0. The van der Waals surface area contributed by atoms with E-state index < -0.39 is 0 Å². The number of nitrogens with one attached hydrogen (secondary N) is 1. The molecule has 150 valence electrons. The maximum atomic E-state index is 12.9. The average molecular weight is 402 g/mol. The van der Waals surface area contributed by atoms with Crippen LogP contribution in [0.4, 0.5) is 0 Å². The van der Waals surface area contributed by atoms with Gasteiger partial charge in [-0.05, 0) is 38.5 Å². The summed E-state index contributed by atoms with van der Waals surface area (Å²) in [7, 11) is 0. The minimum atomic E-state index is -0.140. The molecule has 1 aliphatic carbocycles. The molecule has 0 aromatic carbocycles. The summed E-state index contributed by atoms with van der Waals surface area (Å²) in [5, 5.41) is 2.63. The van der Waals surface area contributed by atoms with Crippen LogP contribution in [0, 0.1) is 12.8 Å². The quantitative estimate of drug-likeness (QED) is 0.821. The molecule has 1 aliphatic heterocycles. The van der Waals surface area contributed by atoms with Gasteiger partial charge in [-0.1, -0.05) is 13.8 Å². The Morgan fingerprint density at radius 3 is 2.68 bits per heavy atom. The smallest absolute Gasteiger partial charge is 0.273 e. The predicted octanol–water partition coefficient (Wildman–Crippen LogP) is 2.31. The Bertz CT molecular complexity index is 956. The molecule has 28 heavy (non-hydrogen) atoms. The monoisotopic (exact) mass is 401 g/mol. The van der Waals surface area contributed by atoms with E-state index in [0.29, 0.717) is 24.6 Å². The maximum Gasteiger partial charge on any atom is 0.273 e. The highest BCUT2D eigenvalue weighted by Gasteiger charge is 2.44. The summed E-state index contributed by atoms with van der Waals surface area (Å²) in [5.41, 5.74) is 8.37. The molecule has 1 spiro atoms. The first kappa shape index (κ1) is 19.3. The number of carbonyl (C=O) groups excluding carboxylic acids is 1. The number of piperidine rings is 1. The van der Waals surface area contributed by atoms with Crippen molar-refractivity contribution < 1.29 is 4.79 Å². The summed E-state index contributed by atoms with van der Waals surface area (Å²) >= 11 is 1.46. The van der Waals surface area contributed by atoms with E-state index in [0.717, 1.165) is 41.9 Å². The number of nitrogens with zero attached hydrogens (tertiary/aromatic N) is 3. The lowest BCUT2D eigenvalue weighted by Crippen LogP contribution is -2.45. The molecule has 2 aromatic heterocycles. The molecule has 1 fully saturated rings. The molecule has 7 nitrogen and oxygen atoms in total. The number of rotatable bonds is 3. The van der Waals surface area contributed by atoms with Gasteiger partial charge in [0.15, 0.2) is 0 Å². The number of aryl methyl sites for hydroxylation is 1. The number of fused-ring (bicyclic) bond motifs is 2. The van der Waals surface area contributed by atoms with Crippen molar-refractivity contribution in [1.82, 2.24) is 19.9 Å². The van der Waals surface area contributed by atoms with Crippen LogP contribution in [-0.4, -0.2) is 38.8 Å². The van der Waals surface area contributed by atoms with Crippen LogP contribution in [0.25, 0.3) is 0 Å². The number of aromatic nitrogens is 3. The summed E-state index contributed by atoms with van der Waals surface area (Å²) in [5.74, 6) is 0.923. The van der Waals surface area contributed by atoms with Crippen molar-refractivity contribution in [1.29, 1.82) is 0 Å². The number of likely N-dealkylation sites (tertiary alicyclic amines) is 1. The van der Waals surface area contributed by atoms with Gasteiger partial charge in [0.1, 0.15) is 16.5 Å². The fourth-order valence-corrected chi connectivity index (χ4v) is 5.34. The average Bonchev–Trinajstić information content (AvgIpc) is 3.28.